The third-order valence-electron chi connectivity index (χ3n) is 6.02. The van der Waals surface area contributed by atoms with E-state index in [1.807, 2.05) is 66.6 Å². The van der Waals surface area contributed by atoms with Gasteiger partial charge in [-0.05, 0) is 67.6 Å². The maximum atomic E-state index is 13.7. The van der Waals surface area contributed by atoms with Crippen molar-refractivity contribution in [2.75, 3.05) is 6.54 Å². The Bertz CT molecular complexity index is 1360. The van der Waals surface area contributed by atoms with Crippen molar-refractivity contribution >= 4 is 39.7 Å². The van der Waals surface area contributed by atoms with Crippen LogP contribution in [0.15, 0.2) is 64.8 Å². The molecule has 2 aromatic heterocycles. The van der Waals surface area contributed by atoms with E-state index < -0.39 is 6.04 Å². The monoisotopic (exact) mass is 493 g/mol. The Balaban J connectivity index is 1.87. The van der Waals surface area contributed by atoms with Crippen LogP contribution in [0.4, 0.5) is 0 Å². The minimum Gasteiger partial charge on any atom is -0.332 e. The number of thiophene rings is 1. The van der Waals surface area contributed by atoms with Crippen molar-refractivity contribution in [1.82, 2.24) is 14.5 Å². The highest BCUT2D eigenvalue weighted by Crippen LogP contribution is 2.27. The second-order valence-electron chi connectivity index (χ2n) is 8.43. The fourth-order valence-electron chi connectivity index (χ4n) is 4.20. The molecule has 0 radical (unpaired) electrons. The SMILES string of the molecule is CCCCN(C(=O)Cc1cccs1)C(C)c1nc2ccccc2c(=O)n1-c1ccc(Cl)cc1C. The van der Waals surface area contributed by atoms with Gasteiger partial charge in [-0.25, -0.2) is 4.98 Å². The van der Waals surface area contributed by atoms with Gasteiger partial charge in [0.05, 0.1) is 29.1 Å². The van der Waals surface area contributed by atoms with Crippen LogP contribution < -0.4 is 5.56 Å². The molecule has 7 heteroatoms. The first-order chi connectivity index (χ1) is 16.4. The summed E-state index contributed by atoms with van der Waals surface area (Å²) in [4.78, 5) is 35.0. The number of aromatic nitrogens is 2. The van der Waals surface area contributed by atoms with Gasteiger partial charge >= 0.3 is 0 Å². The second-order valence-corrected chi connectivity index (χ2v) is 9.90. The van der Waals surface area contributed by atoms with Crippen molar-refractivity contribution < 1.29 is 4.79 Å². The Morgan fingerprint density at radius 3 is 2.68 bits per heavy atom. The predicted molar refractivity (Wildman–Crippen MR) is 140 cm³/mol. The van der Waals surface area contributed by atoms with E-state index in [1.54, 1.807) is 28.0 Å². The molecule has 0 saturated carbocycles. The quantitative estimate of drug-likeness (QED) is 0.287. The van der Waals surface area contributed by atoms with Gasteiger partial charge in [-0.1, -0.05) is 43.1 Å². The molecule has 5 nitrogen and oxygen atoms in total. The largest absolute Gasteiger partial charge is 0.332 e. The summed E-state index contributed by atoms with van der Waals surface area (Å²) in [7, 11) is 0. The molecule has 0 N–H and O–H groups in total. The summed E-state index contributed by atoms with van der Waals surface area (Å²) in [5.41, 5.74) is 2.05. The molecule has 2 aromatic carbocycles. The third kappa shape index (κ3) is 4.93. The maximum Gasteiger partial charge on any atom is 0.266 e. The molecule has 4 aromatic rings. The Morgan fingerprint density at radius 1 is 1.18 bits per heavy atom. The standard InChI is InChI=1S/C27H28ClN3O2S/c1-4-5-14-30(25(32)17-21-9-8-15-34-21)19(3)26-29-23-11-7-6-10-22(23)27(33)31(26)24-13-12-20(28)16-18(24)2/h6-13,15-16,19H,4-5,14,17H2,1-3H3. The second kappa shape index (κ2) is 10.5. The first-order valence-electron chi connectivity index (χ1n) is 11.5. The van der Waals surface area contributed by atoms with Gasteiger partial charge in [-0.15, -0.1) is 11.3 Å². The van der Waals surface area contributed by atoms with Gasteiger partial charge in [-0.3, -0.25) is 14.2 Å². The zero-order valence-electron chi connectivity index (χ0n) is 19.6. The van der Waals surface area contributed by atoms with E-state index in [9.17, 15) is 9.59 Å². The Hall–Kier alpha value is -2.96. The molecule has 1 amide bonds. The molecule has 0 fully saturated rings. The number of unbranched alkanes of at least 4 members (excludes halogenated alkanes) is 1. The number of hydrogen-bond donors (Lipinski definition) is 0. The van der Waals surface area contributed by atoms with Crippen LogP contribution in [0.2, 0.25) is 5.02 Å². The summed E-state index contributed by atoms with van der Waals surface area (Å²) in [5, 5.41) is 3.13. The van der Waals surface area contributed by atoms with Crippen LogP contribution in [0, 0.1) is 6.92 Å². The number of fused-ring (bicyclic) bond motifs is 1. The van der Waals surface area contributed by atoms with Gasteiger partial charge in [0.15, 0.2) is 0 Å². The molecule has 1 atom stereocenters. The fraction of sp³-hybridized carbons (Fsp3) is 0.296. The van der Waals surface area contributed by atoms with Gasteiger partial charge in [0.2, 0.25) is 5.91 Å². The molecule has 0 aliphatic carbocycles. The van der Waals surface area contributed by atoms with E-state index in [4.69, 9.17) is 16.6 Å². The van der Waals surface area contributed by atoms with Crippen molar-refractivity contribution in [2.24, 2.45) is 0 Å². The zero-order chi connectivity index (χ0) is 24.2. The Labute approximate surface area is 208 Å². The highest BCUT2D eigenvalue weighted by Gasteiger charge is 2.27. The molecule has 176 valence electrons. The van der Waals surface area contributed by atoms with Crippen LogP contribution in [0.25, 0.3) is 16.6 Å². The number of benzene rings is 2. The number of amides is 1. The normalized spacial score (nSPS) is 12.1. The minimum atomic E-state index is -0.397. The molecule has 34 heavy (non-hydrogen) atoms. The van der Waals surface area contributed by atoms with E-state index in [1.165, 1.54) is 0 Å². The number of halogens is 1. The summed E-state index contributed by atoms with van der Waals surface area (Å²) >= 11 is 7.78. The van der Waals surface area contributed by atoms with Gasteiger partial charge in [0, 0.05) is 16.4 Å². The van der Waals surface area contributed by atoms with Crippen molar-refractivity contribution in [1.29, 1.82) is 0 Å². The van der Waals surface area contributed by atoms with Gasteiger partial charge < -0.3 is 4.90 Å². The number of carbonyl (C=O) groups excluding carboxylic acids is 1. The van der Waals surface area contributed by atoms with Crippen LogP contribution in [0.1, 0.15) is 49.0 Å². The highest BCUT2D eigenvalue weighted by atomic mass is 35.5. The molecule has 0 saturated heterocycles. The zero-order valence-corrected chi connectivity index (χ0v) is 21.2. The number of nitrogens with zero attached hydrogens (tertiary/aromatic N) is 3. The Kier molecular flexibility index (Phi) is 7.49. The van der Waals surface area contributed by atoms with E-state index in [0.29, 0.717) is 34.7 Å². The smallest absolute Gasteiger partial charge is 0.266 e. The number of aryl methyl sites for hydroxylation is 1. The summed E-state index contributed by atoms with van der Waals surface area (Å²) in [6.45, 7) is 6.59. The van der Waals surface area contributed by atoms with Crippen molar-refractivity contribution in [3.8, 4) is 5.69 Å². The molecule has 0 spiro atoms. The summed E-state index contributed by atoms with van der Waals surface area (Å²) < 4.78 is 1.65. The van der Waals surface area contributed by atoms with E-state index in [2.05, 4.69) is 6.92 Å². The number of rotatable bonds is 8. The topological polar surface area (TPSA) is 55.2 Å². The molecular formula is C27H28ClN3O2S. The third-order valence-corrected chi connectivity index (χ3v) is 7.13. The van der Waals surface area contributed by atoms with Gasteiger partial charge in [0.1, 0.15) is 5.82 Å². The van der Waals surface area contributed by atoms with Crippen LogP contribution in [-0.2, 0) is 11.2 Å². The first kappa shape index (κ1) is 24.2. The molecule has 2 heterocycles. The van der Waals surface area contributed by atoms with Gasteiger partial charge in [-0.2, -0.15) is 0 Å². The fourth-order valence-corrected chi connectivity index (χ4v) is 5.12. The highest BCUT2D eigenvalue weighted by molar-refractivity contribution is 7.10. The predicted octanol–water partition coefficient (Wildman–Crippen LogP) is 6.34. The van der Waals surface area contributed by atoms with Crippen LogP contribution >= 0.6 is 22.9 Å². The number of hydrogen-bond acceptors (Lipinski definition) is 4. The molecule has 0 bridgehead atoms. The lowest BCUT2D eigenvalue weighted by Gasteiger charge is -2.31. The average Bonchev–Trinajstić information content (AvgIpc) is 3.33. The van der Waals surface area contributed by atoms with Crippen LogP contribution in [0.3, 0.4) is 0 Å². The summed E-state index contributed by atoms with van der Waals surface area (Å²) in [6.07, 6.45) is 2.17. The van der Waals surface area contributed by atoms with Crippen LogP contribution in [0.5, 0.6) is 0 Å². The van der Waals surface area contributed by atoms with E-state index >= 15 is 0 Å². The molecule has 4 rings (SSSR count). The van der Waals surface area contributed by atoms with Crippen LogP contribution in [-0.4, -0.2) is 26.9 Å². The molecular weight excluding hydrogens is 466 g/mol. The van der Waals surface area contributed by atoms with Crippen molar-refractivity contribution in [2.45, 2.75) is 46.1 Å². The number of para-hydroxylation sites is 1. The maximum absolute atomic E-state index is 13.7. The lowest BCUT2D eigenvalue weighted by atomic mass is 10.1. The van der Waals surface area contributed by atoms with Crippen molar-refractivity contribution in [3.05, 3.63) is 91.6 Å². The lowest BCUT2D eigenvalue weighted by Crippen LogP contribution is -2.39. The minimum absolute atomic E-state index is 0.0326. The molecule has 0 aliphatic heterocycles. The van der Waals surface area contributed by atoms with E-state index in [0.717, 1.165) is 29.0 Å². The average molecular weight is 494 g/mol. The molecule has 0 aliphatic rings. The Morgan fingerprint density at radius 2 is 1.97 bits per heavy atom. The molecule has 1 unspecified atom stereocenters. The lowest BCUT2D eigenvalue weighted by molar-refractivity contribution is -0.132. The van der Waals surface area contributed by atoms with Gasteiger partial charge in [0.25, 0.3) is 5.56 Å². The number of carbonyl (C=O) groups is 1. The summed E-state index contributed by atoms with van der Waals surface area (Å²) in [5.74, 6) is 0.579. The summed E-state index contributed by atoms with van der Waals surface area (Å²) in [6, 6.07) is 16.3. The van der Waals surface area contributed by atoms with Crippen molar-refractivity contribution in [3.63, 3.8) is 0 Å². The first-order valence-corrected chi connectivity index (χ1v) is 12.8. The van der Waals surface area contributed by atoms with E-state index in [-0.39, 0.29) is 11.5 Å².